The summed E-state index contributed by atoms with van der Waals surface area (Å²) >= 11 is 0. The number of nitrogens with zero attached hydrogens (tertiary/aromatic N) is 1. The van der Waals surface area contributed by atoms with Crippen molar-refractivity contribution in [3.8, 4) is 11.1 Å². The van der Waals surface area contributed by atoms with Crippen LogP contribution in [0.1, 0.15) is 28.8 Å². The van der Waals surface area contributed by atoms with E-state index in [0.29, 0.717) is 5.56 Å². The molecule has 3 rings (SSSR count). The molecule has 0 bridgehead atoms. The fourth-order valence-electron chi connectivity index (χ4n) is 2.71. The predicted molar refractivity (Wildman–Crippen MR) is 87.8 cm³/mol. The van der Waals surface area contributed by atoms with Gasteiger partial charge in [0.05, 0.1) is 5.56 Å². The first-order valence-corrected chi connectivity index (χ1v) is 7.76. The lowest BCUT2D eigenvalue weighted by atomic mass is 10.0. The van der Waals surface area contributed by atoms with Gasteiger partial charge in [-0.2, -0.15) is 0 Å². The molecule has 1 saturated heterocycles. The lowest BCUT2D eigenvalue weighted by molar-refractivity contribution is 0.0930. The summed E-state index contributed by atoms with van der Waals surface area (Å²) in [7, 11) is 0. The van der Waals surface area contributed by atoms with Crippen molar-refractivity contribution in [3.05, 3.63) is 53.9 Å². The Hall–Kier alpha value is -2.20. The van der Waals surface area contributed by atoms with E-state index in [-0.39, 0.29) is 11.9 Å². The van der Waals surface area contributed by atoms with Crippen molar-refractivity contribution in [1.82, 2.24) is 15.6 Å². The fraction of sp³-hybridized carbons (Fsp3) is 0.333. The van der Waals surface area contributed by atoms with E-state index in [4.69, 9.17) is 0 Å². The molecule has 1 amide bonds. The average Bonchev–Trinajstić information content (AvgIpc) is 2.56. The molecule has 1 aromatic heterocycles. The molecule has 2 N–H and O–H groups in total. The van der Waals surface area contributed by atoms with E-state index in [9.17, 15) is 4.79 Å². The minimum Gasteiger partial charge on any atom is -0.348 e. The molecule has 1 atom stereocenters. The van der Waals surface area contributed by atoms with Crippen LogP contribution in [0.2, 0.25) is 0 Å². The SMILES string of the molecule is Cc1ccc(-c2cncc(C(=O)N[C@H]3CCCNC3)c2)cc1. The second kappa shape index (κ2) is 6.71. The monoisotopic (exact) mass is 295 g/mol. The Kier molecular flexibility index (Phi) is 4.49. The number of hydrogen-bond donors (Lipinski definition) is 2. The van der Waals surface area contributed by atoms with Gasteiger partial charge in [-0.25, -0.2) is 0 Å². The van der Waals surface area contributed by atoms with Crippen molar-refractivity contribution >= 4 is 5.91 Å². The summed E-state index contributed by atoms with van der Waals surface area (Å²) in [5.41, 5.74) is 3.88. The van der Waals surface area contributed by atoms with Crippen LogP contribution >= 0.6 is 0 Å². The minimum absolute atomic E-state index is 0.0461. The number of hydrogen-bond acceptors (Lipinski definition) is 3. The number of carbonyl (C=O) groups is 1. The molecule has 1 aliphatic heterocycles. The van der Waals surface area contributed by atoms with Crippen LogP contribution in [-0.2, 0) is 0 Å². The maximum atomic E-state index is 12.4. The Morgan fingerprint density at radius 2 is 2.05 bits per heavy atom. The topological polar surface area (TPSA) is 54.0 Å². The normalized spacial score (nSPS) is 18.0. The highest BCUT2D eigenvalue weighted by molar-refractivity contribution is 5.95. The van der Waals surface area contributed by atoms with Crippen LogP contribution in [0.3, 0.4) is 0 Å². The zero-order chi connectivity index (χ0) is 15.4. The Labute approximate surface area is 131 Å². The predicted octanol–water partition coefficient (Wildman–Crippen LogP) is 2.54. The second-order valence-electron chi connectivity index (χ2n) is 5.85. The van der Waals surface area contributed by atoms with Gasteiger partial charge in [-0.3, -0.25) is 9.78 Å². The number of benzene rings is 1. The van der Waals surface area contributed by atoms with Gasteiger partial charge in [-0.05, 0) is 37.9 Å². The summed E-state index contributed by atoms with van der Waals surface area (Å²) < 4.78 is 0. The van der Waals surface area contributed by atoms with E-state index in [1.54, 1.807) is 12.4 Å². The van der Waals surface area contributed by atoms with Crippen LogP contribution in [0.4, 0.5) is 0 Å². The Balaban J connectivity index is 1.75. The van der Waals surface area contributed by atoms with Crippen molar-refractivity contribution in [3.63, 3.8) is 0 Å². The molecular weight excluding hydrogens is 274 g/mol. The average molecular weight is 295 g/mol. The van der Waals surface area contributed by atoms with Crippen LogP contribution in [0.25, 0.3) is 11.1 Å². The third-order valence-corrected chi connectivity index (χ3v) is 4.02. The van der Waals surface area contributed by atoms with Crippen molar-refractivity contribution < 1.29 is 4.79 Å². The van der Waals surface area contributed by atoms with Crippen LogP contribution in [0, 0.1) is 6.92 Å². The molecule has 2 heterocycles. The molecule has 0 saturated carbocycles. The van der Waals surface area contributed by atoms with E-state index < -0.39 is 0 Å². The molecule has 0 radical (unpaired) electrons. The van der Waals surface area contributed by atoms with Gasteiger partial charge in [-0.1, -0.05) is 29.8 Å². The van der Waals surface area contributed by atoms with Crippen molar-refractivity contribution in [2.45, 2.75) is 25.8 Å². The molecule has 4 nitrogen and oxygen atoms in total. The largest absolute Gasteiger partial charge is 0.348 e. The van der Waals surface area contributed by atoms with Crippen molar-refractivity contribution in [2.24, 2.45) is 0 Å². The van der Waals surface area contributed by atoms with Gasteiger partial charge in [0.2, 0.25) is 0 Å². The van der Waals surface area contributed by atoms with Crippen LogP contribution in [0.5, 0.6) is 0 Å². The highest BCUT2D eigenvalue weighted by atomic mass is 16.1. The van der Waals surface area contributed by atoms with Crippen LogP contribution in [-0.4, -0.2) is 30.0 Å². The molecule has 0 spiro atoms. The van der Waals surface area contributed by atoms with E-state index in [0.717, 1.165) is 37.1 Å². The van der Waals surface area contributed by atoms with Crippen molar-refractivity contribution in [1.29, 1.82) is 0 Å². The number of aryl methyl sites for hydroxylation is 1. The second-order valence-corrected chi connectivity index (χ2v) is 5.85. The first-order valence-electron chi connectivity index (χ1n) is 7.76. The van der Waals surface area contributed by atoms with Gasteiger partial charge in [-0.15, -0.1) is 0 Å². The van der Waals surface area contributed by atoms with Gasteiger partial charge in [0.1, 0.15) is 0 Å². The minimum atomic E-state index is -0.0461. The summed E-state index contributed by atoms with van der Waals surface area (Å²) in [4.78, 5) is 16.6. The van der Waals surface area contributed by atoms with Crippen LogP contribution in [0.15, 0.2) is 42.7 Å². The third-order valence-electron chi connectivity index (χ3n) is 4.02. The quantitative estimate of drug-likeness (QED) is 0.915. The molecule has 2 aromatic rings. The van der Waals surface area contributed by atoms with Crippen molar-refractivity contribution in [2.75, 3.05) is 13.1 Å². The van der Waals surface area contributed by atoms with Gasteiger partial charge in [0, 0.05) is 30.5 Å². The molecule has 114 valence electrons. The smallest absolute Gasteiger partial charge is 0.253 e. The zero-order valence-electron chi connectivity index (χ0n) is 12.8. The van der Waals surface area contributed by atoms with E-state index in [1.807, 2.05) is 6.07 Å². The van der Waals surface area contributed by atoms with E-state index >= 15 is 0 Å². The number of aromatic nitrogens is 1. The third kappa shape index (κ3) is 3.52. The number of piperidine rings is 1. The van der Waals surface area contributed by atoms with Gasteiger partial charge in [0.15, 0.2) is 0 Å². The molecule has 1 aliphatic rings. The first kappa shape index (κ1) is 14.7. The Morgan fingerprint density at radius 1 is 1.23 bits per heavy atom. The Morgan fingerprint density at radius 3 is 2.77 bits per heavy atom. The number of pyridine rings is 1. The summed E-state index contributed by atoms with van der Waals surface area (Å²) in [6, 6.07) is 10.4. The first-order chi connectivity index (χ1) is 10.7. The van der Waals surface area contributed by atoms with Crippen LogP contribution < -0.4 is 10.6 Å². The number of carbonyl (C=O) groups excluding carboxylic acids is 1. The fourth-order valence-corrected chi connectivity index (χ4v) is 2.71. The van der Waals surface area contributed by atoms with E-state index in [1.165, 1.54) is 5.56 Å². The number of nitrogens with one attached hydrogen (secondary N) is 2. The standard InChI is InChI=1S/C18H21N3O/c1-13-4-6-14(7-5-13)15-9-16(11-20-10-15)18(22)21-17-3-2-8-19-12-17/h4-7,9-11,17,19H,2-3,8,12H2,1H3,(H,21,22)/t17-/m0/s1. The molecule has 0 aliphatic carbocycles. The zero-order valence-corrected chi connectivity index (χ0v) is 12.8. The highest BCUT2D eigenvalue weighted by Gasteiger charge is 2.16. The van der Waals surface area contributed by atoms with Gasteiger partial charge < -0.3 is 10.6 Å². The molecular formula is C18H21N3O. The number of amides is 1. The van der Waals surface area contributed by atoms with Gasteiger partial charge >= 0.3 is 0 Å². The van der Waals surface area contributed by atoms with Gasteiger partial charge in [0.25, 0.3) is 5.91 Å². The highest BCUT2D eigenvalue weighted by Crippen LogP contribution is 2.20. The summed E-state index contributed by atoms with van der Waals surface area (Å²) in [6.45, 7) is 3.94. The lowest BCUT2D eigenvalue weighted by Gasteiger charge is -2.23. The van der Waals surface area contributed by atoms with E-state index in [2.05, 4.69) is 46.8 Å². The summed E-state index contributed by atoms with van der Waals surface area (Å²) in [6.07, 6.45) is 5.56. The molecule has 22 heavy (non-hydrogen) atoms. The Bertz CT molecular complexity index is 646. The molecule has 1 fully saturated rings. The molecule has 1 aromatic carbocycles. The lowest BCUT2D eigenvalue weighted by Crippen LogP contribution is -2.45. The summed E-state index contributed by atoms with van der Waals surface area (Å²) in [5.74, 6) is -0.0461. The molecule has 0 unspecified atom stereocenters. The maximum Gasteiger partial charge on any atom is 0.253 e. The number of rotatable bonds is 3. The maximum absolute atomic E-state index is 12.4. The summed E-state index contributed by atoms with van der Waals surface area (Å²) in [5, 5.41) is 6.39. The molecule has 4 heteroatoms.